The van der Waals surface area contributed by atoms with E-state index in [1.165, 1.54) is 0 Å². The number of hydrogen-bond donors (Lipinski definition) is 1. The molecule has 1 aromatic carbocycles. The van der Waals surface area contributed by atoms with E-state index >= 15 is 0 Å². The van der Waals surface area contributed by atoms with E-state index in [0.717, 1.165) is 16.8 Å². The predicted octanol–water partition coefficient (Wildman–Crippen LogP) is 2.18. The Kier molecular flexibility index (Phi) is 2.23. The first-order chi connectivity index (χ1) is 8.91. The van der Waals surface area contributed by atoms with Crippen LogP contribution in [-0.4, -0.2) is 18.1 Å². The highest BCUT2D eigenvalue weighted by atomic mass is 16.5. The summed E-state index contributed by atoms with van der Waals surface area (Å²) >= 11 is 0. The number of rotatable bonds is 1. The second kappa shape index (κ2) is 3.60. The maximum Gasteiger partial charge on any atom is 0.236 e. The number of anilines is 2. The molecule has 98 valence electrons. The SMILES string of the molecule is CN1C(=O)C(C)(C)c2cc(-c3cc(N)on3)ccc21. The number of nitrogen functional groups attached to an aromatic ring is 1. The van der Waals surface area contributed by atoms with Crippen molar-refractivity contribution in [2.45, 2.75) is 19.3 Å². The summed E-state index contributed by atoms with van der Waals surface area (Å²) in [6.07, 6.45) is 0. The lowest BCUT2D eigenvalue weighted by atomic mass is 9.85. The van der Waals surface area contributed by atoms with Crippen molar-refractivity contribution in [3.63, 3.8) is 0 Å². The summed E-state index contributed by atoms with van der Waals surface area (Å²) < 4.78 is 4.88. The van der Waals surface area contributed by atoms with Gasteiger partial charge in [-0.2, -0.15) is 0 Å². The van der Waals surface area contributed by atoms with Gasteiger partial charge < -0.3 is 15.2 Å². The molecule has 3 rings (SSSR count). The van der Waals surface area contributed by atoms with Crippen molar-refractivity contribution in [1.82, 2.24) is 5.16 Å². The maximum atomic E-state index is 12.2. The smallest absolute Gasteiger partial charge is 0.236 e. The van der Waals surface area contributed by atoms with Crippen molar-refractivity contribution in [2.75, 3.05) is 17.7 Å². The average molecular weight is 257 g/mol. The normalized spacial score (nSPS) is 16.8. The van der Waals surface area contributed by atoms with Crippen molar-refractivity contribution >= 4 is 17.5 Å². The van der Waals surface area contributed by atoms with Gasteiger partial charge in [0.1, 0.15) is 5.69 Å². The highest BCUT2D eigenvalue weighted by molar-refractivity contribution is 6.07. The van der Waals surface area contributed by atoms with Crippen LogP contribution in [0.5, 0.6) is 0 Å². The van der Waals surface area contributed by atoms with E-state index in [1.54, 1.807) is 18.0 Å². The molecule has 2 N–H and O–H groups in total. The lowest BCUT2D eigenvalue weighted by molar-refractivity contribution is -0.121. The fourth-order valence-corrected chi connectivity index (χ4v) is 2.56. The summed E-state index contributed by atoms with van der Waals surface area (Å²) in [6.45, 7) is 3.86. The number of fused-ring (bicyclic) bond motifs is 1. The summed E-state index contributed by atoms with van der Waals surface area (Å²) in [5.41, 5.74) is 8.53. The Bertz CT molecular complexity index is 673. The number of likely N-dealkylation sites (N-methyl/N-ethyl adjacent to an activating group) is 1. The Morgan fingerprint density at radius 2 is 2.05 bits per heavy atom. The average Bonchev–Trinajstić information content (AvgIpc) is 2.88. The van der Waals surface area contributed by atoms with E-state index in [9.17, 15) is 4.79 Å². The molecule has 1 aliphatic heterocycles. The molecule has 1 aromatic heterocycles. The molecule has 0 atom stereocenters. The largest absolute Gasteiger partial charge is 0.368 e. The van der Waals surface area contributed by atoms with Crippen LogP contribution >= 0.6 is 0 Å². The van der Waals surface area contributed by atoms with E-state index < -0.39 is 5.41 Å². The Hall–Kier alpha value is -2.30. The maximum absolute atomic E-state index is 12.2. The molecule has 5 heteroatoms. The molecule has 0 aliphatic carbocycles. The molecule has 0 unspecified atom stereocenters. The number of aromatic nitrogens is 1. The summed E-state index contributed by atoms with van der Waals surface area (Å²) in [5.74, 6) is 0.377. The van der Waals surface area contributed by atoms with Crippen molar-refractivity contribution in [1.29, 1.82) is 0 Å². The lowest BCUT2D eigenvalue weighted by Crippen LogP contribution is -2.33. The van der Waals surface area contributed by atoms with Gasteiger partial charge in [0.05, 0.1) is 5.41 Å². The quantitative estimate of drug-likeness (QED) is 0.849. The lowest BCUT2D eigenvalue weighted by Gasteiger charge is -2.16. The zero-order valence-electron chi connectivity index (χ0n) is 11.1. The Labute approximate surface area is 111 Å². The minimum absolute atomic E-state index is 0.0966. The molecular weight excluding hydrogens is 242 g/mol. The Morgan fingerprint density at radius 1 is 1.32 bits per heavy atom. The summed E-state index contributed by atoms with van der Waals surface area (Å²) in [5, 5.41) is 3.90. The van der Waals surface area contributed by atoms with Crippen LogP contribution in [-0.2, 0) is 10.2 Å². The fraction of sp³-hybridized carbons (Fsp3) is 0.286. The van der Waals surface area contributed by atoms with Crippen molar-refractivity contribution < 1.29 is 9.32 Å². The number of benzene rings is 1. The van der Waals surface area contributed by atoms with Crippen LogP contribution in [0.1, 0.15) is 19.4 Å². The van der Waals surface area contributed by atoms with Crippen LogP contribution in [0.15, 0.2) is 28.8 Å². The molecular formula is C14H15N3O2. The summed E-state index contributed by atoms with van der Waals surface area (Å²) in [6, 6.07) is 7.51. The van der Waals surface area contributed by atoms with E-state index in [1.807, 2.05) is 32.0 Å². The Balaban J connectivity index is 2.16. The van der Waals surface area contributed by atoms with Crippen molar-refractivity contribution in [2.24, 2.45) is 0 Å². The number of carbonyl (C=O) groups excluding carboxylic acids is 1. The van der Waals surface area contributed by atoms with E-state index in [-0.39, 0.29) is 11.8 Å². The second-order valence-electron chi connectivity index (χ2n) is 5.34. The summed E-state index contributed by atoms with van der Waals surface area (Å²) in [7, 11) is 1.80. The van der Waals surface area contributed by atoms with Gasteiger partial charge in [0, 0.05) is 24.4 Å². The highest BCUT2D eigenvalue weighted by Gasteiger charge is 2.42. The van der Waals surface area contributed by atoms with Gasteiger partial charge in [-0.05, 0) is 31.5 Å². The molecule has 2 heterocycles. The van der Waals surface area contributed by atoms with Crippen molar-refractivity contribution in [3.05, 3.63) is 29.8 Å². The van der Waals surface area contributed by atoms with Gasteiger partial charge in [0.25, 0.3) is 0 Å². The standard InChI is InChI=1S/C14H15N3O2/c1-14(2)9-6-8(10-7-12(15)19-16-10)4-5-11(9)17(3)13(14)18/h4-7H,15H2,1-3H3. The van der Waals surface area contributed by atoms with Crippen LogP contribution in [0.3, 0.4) is 0 Å². The first-order valence-electron chi connectivity index (χ1n) is 6.06. The molecule has 19 heavy (non-hydrogen) atoms. The van der Waals surface area contributed by atoms with Gasteiger partial charge in [0.2, 0.25) is 11.8 Å². The zero-order chi connectivity index (χ0) is 13.8. The third-order valence-electron chi connectivity index (χ3n) is 3.69. The van der Waals surface area contributed by atoms with Gasteiger partial charge in [-0.1, -0.05) is 11.2 Å². The van der Waals surface area contributed by atoms with Crippen molar-refractivity contribution in [3.8, 4) is 11.3 Å². The van der Waals surface area contributed by atoms with E-state index in [4.69, 9.17) is 10.3 Å². The number of nitrogens with zero attached hydrogens (tertiary/aromatic N) is 2. The molecule has 2 aromatic rings. The van der Waals surface area contributed by atoms with Gasteiger partial charge in [0.15, 0.2) is 0 Å². The van der Waals surface area contributed by atoms with Gasteiger partial charge in [-0.15, -0.1) is 0 Å². The van der Waals surface area contributed by atoms with Crippen LogP contribution in [0, 0.1) is 0 Å². The number of carbonyl (C=O) groups is 1. The molecule has 0 spiro atoms. The highest BCUT2D eigenvalue weighted by Crippen LogP contribution is 2.42. The number of nitrogens with two attached hydrogens (primary N) is 1. The molecule has 0 saturated carbocycles. The molecule has 0 bridgehead atoms. The minimum Gasteiger partial charge on any atom is -0.368 e. The number of hydrogen-bond acceptors (Lipinski definition) is 4. The fourth-order valence-electron chi connectivity index (χ4n) is 2.56. The molecule has 0 saturated heterocycles. The van der Waals surface area contributed by atoms with E-state index in [0.29, 0.717) is 5.69 Å². The van der Waals surface area contributed by atoms with Gasteiger partial charge in [-0.3, -0.25) is 4.79 Å². The van der Waals surface area contributed by atoms with Gasteiger partial charge in [-0.25, -0.2) is 0 Å². The third-order valence-corrected chi connectivity index (χ3v) is 3.69. The van der Waals surface area contributed by atoms with E-state index in [2.05, 4.69) is 5.16 Å². The topological polar surface area (TPSA) is 72.4 Å². The molecule has 0 radical (unpaired) electrons. The molecule has 0 fully saturated rings. The third kappa shape index (κ3) is 1.54. The first-order valence-corrected chi connectivity index (χ1v) is 6.06. The monoisotopic (exact) mass is 257 g/mol. The van der Waals surface area contributed by atoms with Gasteiger partial charge >= 0.3 is 0 Å². The van der Waals surface area contributed by atoms with Crippen LogP contribution in [0.2, 0.25) is 0 Å². The zero-order valence-corrected chi connectivity index (χ0v) is 11.1. The second-order valence-corrected chi connectivity index (χ2v) is 5.34. The number of amides is 1. The van der Waals surface area contributed by atoms with Crippen LogP contribution < -0.4 is 10.6 Å². The Morgan fingerprint density at radius 3 is 2.68 bits per heavy atom. The van der Waals surface area contributed by atoms with Crippen LogP contribution in [0.25, 0.3) is 11.3 Å². The minimum atomic E-state index is -0.518. The van der Waals surface area contributed by atoms with Crippen LogP contribution in [0.4, 0.5) is 11.6 Å². The molecule has 1 aliphatic rings. The predicted molar refractivity (Wildman–Crippen MR) is 72.8 cm³/mol. The molecule has 5 nitrogen and oxygen atoms in total. The molecule has 1 amide bonds. The summed E-state index contributed by atoms with van der Waals surface area (Å²) in [4.78, 5) is 13.9. The first kappa shape index (κ1) is 11.8.